The van der Waals surface area contributed by atoms with Crippen molar-refractivity contribution in [3.63, 3.8) is 0 Å². The largest absolute Gasteiger partial charge is 0.500 e. The van der Waals surface area contributed by atoms with Crippen LogP contribution in [0.3, 0.4) is 0 Å². The van der Waals surface area contributed by atoms with Gasteiger partial charge in [-0.25, -0.2) is 0 Å². The molecule has 0 N–H and O–H groups in total. The maximum Gasteiger partial charge on any atom is 0.121 e. The van der Waals surface area contributed by atoms with E-state index in [-0.39, 0.29) is 25.5 Å². The second kappa shape index (κ2) is 15.6. The zero-order valence-corrected chi connectivity index (χ0v) is 34.7. The second-order valence-corrected chi connectivity index (χ2v) is 21.0. The summed E-state index contributed by atoms with van der Waals surface area (Å²) in [6.07, 6.45) is 4.95. The Morgan fingerprint density at radius 1 is 0.706 bits per heavy atom. The topological polar surface area (TPSA) is 38.9 Å². The van der Waals surface area contributed by atoms with Crippen LogP contribution in [0.2, 0.25) is 19.6 Å². The molecule has 0 aliphatic carbocycles. The maximum atomic E-state index is 6.17. The number of benzene rings is 4. The number of furan rings is 1. The minimum atomic E-state index is -1.25. The normalized spacial score (nSPS) is 11.7. The molecule has 0 atom stereocenters. The van der Waals surface area contributed by atoms with Crippen molar-refractivity contribution in [2.24, 2.45) is 5.41 Å². The van der Waals surface area contributed by atoms with Crippen LogP contribution in [0.5, 0.6) is 0 Å². The fraction of sp³-hybridized carbons (Fsp3) is 0.261. The van der Waals surface area contributed by atoms with Gasteiger partial charge in [0.05, 0.1) is 13.7 Å². The molecule has 263 valence electrons. The smallest absolute Gasteiger partial charge is 0.121 e. The van der Waals surface area contributed by atoms with E-state index in [1.54, 1.807) is 0 Å². The third-order valence-electron chi connectivity index (χ3n) is 9.03. The molecule has 0 saturated carbocycles. The number of nitrogens with zero attached hydrogens (tertiary/aromatic N) is 2. The molecular formula is C46H48IrN2OSi-2. The van der Waals surface area contributed by atoms with Gasteiger partial charge in [-0.2, -0.15) is 0 Å². The van der Waals surface area contributed by atoms with Gasteiger partial charge < -0.3 is 14.4 Å². The summed E-state index contributed by atoms with van der Waals surface area (Å²) in [6, 6.07) is 40.8. The van der Waals surface area contributed by atoms with E-state index < -0.39 is 8.07 Å². The first-order valence-electron chi connectivity index (χ1n) is 17.6. The minimum absolute atomic E-state index is 0. The average Bonchev–Trinajstić information content (AvgIpc) is 3.45. The summed E-state index contributed by atoms with van der Waals surface area (Å²) in [7, 11) is -1.25. The summed E-state index contributed by atoms with van der Waals surface area (Å²) >= 11 is 0. The third kappa shape index (κ3) is 9.40. The summed E-state index contributed by atoms with van der Waals surface area (Å²) in [5.74, 6) is 0.549. The van der Waals surface area contributed by atoms with Crippen molar-refractivity contribution in [2.45, 2.75) is 73.5 Å². The zero-order chi connectivity index (χ0) is 35.6. The van der Waals surface area contributed by atoms with Crippen LogP contribution >= 0.6 is 0 Å². The van der Waals surface area contributed by atoms with Gasteiger partial charge in [-0.05, 0) is 58.6 Å². The first kappa shape index (κ1) is 38.1. The standard InChI is InChI=1S/C29H26NO.C17H22NSi.Ir/c1-19-5-7-21(8-6-19)22-9-11-24-25-16-23(10-12-27(25)31-28(24)17-22)26-15-20(13-14-30-26)18-29(2,3)4;1-13(2)14-6-8-15(9-7-14)17-11-10-16(12-18-17)19(3,4)5;/h5-9,11-17H,18H2,1-4H3;6-8,10-13H,1-5H3;/q2*-1;. The summed E-state index contributed by atoms with van der Waals surface area (Å²) in [5, 5.41) is 3.62. The summed E-state index contributed by atoms with van der Waals surface area (Å²) in [5.41, 5.74) is 12.3. The van der Waals surface area contributed by atoms with Gasteiger partial charge >= 0.3 is 0 Å². The molecule has 3 heterocycles. The predicted octanol–water partition coefficient (Wildman–Crippen LogP) is 12.2. The monoisotopic (exact) mass is 865 g/mol. The summed E-state index contributed by atoms with van der Waals surface area (Å²) < 4.78 is 6.17. The van der Waals surface area contributed by atoms with Gasteiger partial charge in [0.2, 0.25) is 0 Å². The van der Waals surface area contributed by atoms with E-state index in [2.05, 4.69) is 174 Å². The Morgan fingerprint density at radius 3 is 2.06 bits per heavy atom. The van der Waals surface area contributed by atoms with Crippen molar-refractivity contribution in [1.82, 2.24) is 9.97 Å². The van der Waals surface area contributed by atoms with Gasteiger partial charge in [0.1, 0.15) is 5.58 Å². The Balaban J connectivity index is 0.000000218. The van der Waals surface area contributed by atoms with Crippen LogP contribution in [0.15, 0.2) is 114 Å². The molecule has 0 bridgehead atoms. The number of fused-ring (bicyclic) bond motifs is 3. The molecule has 4 aromatic carbocycles. The Kier molecular flexibility index (Phi) is 11.7. The number of hydrogen-bond acceptors (Lipinski definition) is 3. The molecule has 0 fully saturated rings. The molecule has 0 aliphatic rings. The second-order valence-electron chi connectivity index (χ2n) is 16.0. The third-order valence-corrected chi connectivity index (χ3v) is 11.1. The van der Waals surface area contributed by atoms with Crippen molar-refractivity contribution < 1.29 is 24.5 Å². The SMILES string of the molecule is CC(C)c1c[c-]c(-c2ccc([Si](C)(C)C)cn2)cc1.Cc1ccc(-c2ccc3c(c2)oc2c[c-]c(-c4cc(CC(C)(C)C)ccn4)cc23)cc1.[Ir]. The fourth-order valence-corrected chi connectivity index (χ4v) is 7.13. The van der Waals surface area contributed by atoms with Crippen molar-refractivity contribution in [2.75, 3.05) is 0 Å². The molecule has 7 aromatic rings. The van der Waals surface area contributed by atoms with E-state index in [1.165, 1.54) is 27.4 Å². The van der Waals surface area contributed by atoms with Crippen LogP contribution in [0, 0.1) is 24.5 Å². The fourth-order valence-electron chi connectivity index (χ4n) is 6.09. The quantitative estimate of drug-likeness (QED) is 0.123. The molecule has 51 heavy (non-hydrogen) atoms. The van der Waals surface area contributed by atoms with E-state index >= 15 is 0 Å². The number of hydrogen-bond donors (Lipinski definition) is 0. The van der Waals surface area contributed by atoms with E-state index in [1.807, 2.05) is 18.5 Å². The van der Waals surface area contributed by atoms with Gasteiger partial charge in [-0.15, -0.1) is 59.2 Å². The Hall–Kier alpha value is -4.15. The van der Waals surface area contributed by atoms with E-state index in [0.717, 1.165) is 56.4 Å². The number of aromatic nitrogens is 2. The molecule has 0 aliphatic heterocycles. The molecule has 7 rings (SSSR count). The zero-order valence-electron chi connectivity index (χ0n) is 31.3. The Labute approximate surface area is 319 Å². The van der Waals surface area contributed by atoms with E-state index in [9.17, 15) is 0 Å². The maximum absolute atomic E-state index is 6.17. The molecule has 3 nitrogen and oxygen atoms in total. The molecule has 5 heteroatoms. The summed E-state index contributed by atoms with van der Waals surface area (Å²) in [4.78, 5) is 9.20. The molecule has 0 amide bonds. The first-order chi connectivity index (χ1) is 23.7. The van der Waals surface area contributed by atoms with Crippen LogP contribution in [0.1, 0.15) is 57.2 Å². The molecule has 0 spiro atoms. The minimum Gasteiger partial charge on any atom is -0.500 e. The van der Waals surface area contributed by atoms with Gasteiger partial charge in [-0.1, -0.05) is 131 Å². The Morgan fingerprint density at radius 2 is 1.43 bits per heavy atom. The van der Waals surface area contributed by atoms with Crippen LogP contribution < -0.4 is 5.19 Å². The number of rotatable bonds is 6. The van der Waals surface area contributed by atoms with E-state index in [0.29, 0.717) is 5.92 Å². The average molecular weight is 865 g/mol. The summed E-state index contributed by atoms with van der Waals surface area (Å²) in [6.45, 7) is 20.3. The van der Waals surface area contributed by atoms with Crippen molar-refractivity contribution in [3.8, 4) is 33.6 Å². The van der Waals surface area contributed by atoms with E-state index in [4.69, 9.17) is 4.42 Å². The van der Waals surface area contributed by atoms with Gasteiger partial charge in [0.25, 0.3) is 0 Å². The van der Waals surface area contributed by atoms with Gasteiger partial charge in [-0.3, -0.25) is 0 Å². The van der Waals surface area contributed by atoms with Crippen LogP contribution in [0.4, 0.5) is 0 Å². The first-order valence-corrected chi connectivity index (χ1v) is 21.1. The molecule has 3 aromatic heterocycles. The number of aryl methyl sites for hydroxylation is 1. The van der Waals surface area contributed by atoms with Crippen LogP contribution in [-0.2, 0) is 26.5 Å². The van der Waals surface area contributed by atoms with Gasteiger partial charge in [0, 0.05) is 37.9 Å². The molecule has 1 radical (unpaired) electrons. The van der Waals surface area contributed by atoms with Crippen LogP contribution in [-0.4, -0.2) is 18.0 Å². The van der Waals surface area contributed by atoms with Crippen LogP contribution in [0.25, 0.3) is 55.6 Å². The molecular weight excluding hydrogens is 817 g/mol. The van der Waals surface area contributed by atoms with Crippen molar-refractivity contribution in [1.29, 1.82) is 0 Å². The predicted molar refractivity (Wildman–Crippen MR) is 215 cm³/mol. The van der Waals surface area contributed by atoms with Crippen molar-refractivity contribution >= 4 is 35.2 Å². The van der Waals surface area contributed by atoms with Crippen molar-refractivity contribution in [3.05, 3.63) is 138 Å². The Bertz CT molecular complexity index is 2220. The number of pyridine rings is 2. The van der Waals surface area contributed by atoms with Gasteiger partial charge in [0.15, 0.2) is 0 Å². The molecule has 0 unspecified atom stereocenters. The molecule has 0 saturated heterocycles.